The third-order valence-corrected chi connectivity index (χ3v) is 12.6. The second-order valence-electron chi connectivity index (χ2n) is 16.9. The van der Waals surface area contributed by atoms with E-state index in [0.29, 0.717) is 5.75 Å². The summed E-state index contributed by atoms with van der Waals surface area (Å²) in [5.74, 6) is 0.482. The second kappa shape index (κ2) is 14.1. The van der Waals surface area contributed by atoms with Gasteiger partial charge >= 0.3 is 8.60 Å². The van der Waals surface area contributed by atoms with Crippen LogP contribution >= 0.6 is 8.60 Å². The lowest BCUT2D eigenvalue weighted by molar-refractivity contribution is 0.375. The number of hydrogen-bond donors (Lipinski definition) is 2. The fraction of sp³-hybridized carbons (Fsp3) is 0.435. The van der Waals surface area contributed by atoms with Gasteiger partial charge < -0.3 is 14.3 Å². The lowest BCUT2D eigenvalue weighted by atomic mass is 9.73. The maximum atomic E-state index is 10.3. The van der Waals surface area contributed by atoms with Gasteiger partial charge in [0.05, 0.1) is 0 Å². The van der Waals surface area contributed by atoms with Crippen molar-refractivity contribution >= 4 is 30.1 Å². The second-order valence-corrected chi connectivity index (χ2v) is 17.6. The molecule has 0 aliphatic heterocycles. The monoisotopic (exact) mass is 690 g/mol. The van der Waals surface area contributed by atoms with Crippen molar-refractivity contribution in [1.82, 2.24) is 0 Å². The normalized spacial score (nSPS) is 13.1. The van der Waals surface area contributed by atoms with Crippen LogP contribution in [0.15, 0.2) is 78.9 Å². The van der Waals surface area contributed by atoms with Crippen LogP contribution in [0, 0.1) is 0 Å². The highest BCUT2D eigenvalue weighted by molar-refractivity contribution is 7.39. The summed E-state index contributed by atoms with van der Waals surface area (Å²) in [7, 11) is -2.64. The highest BCUT2D eigenvalue weighted by Gasteiger charge is 2.30. The zero-order chi connectivity index (χ0) is 36.8. The van der Waals surface area contributed by atoms with E-state index in [4.69, 9.17) is 4.52 Å². The van der Waals surface area contributed by atoms with Crippen LogP contribution < -0.4 is 4.52 Å². The third-order valence-electron chi connectivity index (χ3n) is 12.3. The van der Waals surface area contributed by atoms with E-state index in [9.17, 15) is 9.79 Å². The van der Waals surface area contributed by atoms with Gasteiger partial charge in [-0.25, -0.2) is 0 Å². The molecular weight excluding hydrogens is 631 g/mol. The maximum Gasteiger partial charge on any atom is 0.391 e. The SMILES string of the molecule is CCC(C)(C)c1ccc2cc(-c3cccc(OP(O)O)c3-c3cc4ccc(C(C)(C)CC)cc4cc3C(C)(C)CC)c(C(C)(C)CC)cc2c1. The molecule has 0 saturated carbocycles. The number of fused-ring (bicyclic) bond motifs is 2. The van der Waals surface area contributed by atoms with Crippen molar-refractivity contribution < 1.29 is 14.3 Å². The minimum Gasteiger partial charge on any atom is -0.426 e. The molecule has 4 heteroatoms. The van der Waals surface area contributed by atoms with Crippen LogP contribution in [-0.2, 0) is 21.7 Å². The number of hydrogen-bond acceptors (Lipinski definition) is 3. The lowest BCUT2D eigenvalue weighted by Crippen LogP contribution is -2.19. The molecule has 0 saturated heterocycles. The zero-order valence-electron chi connectivity index (χ0n) is 32.6. The molecule has 266 valence electrons. The first-order valence-corrected chi connectivity index (χ1v) is 19.7. The fourth-order valence-corrected chi connectivity index (χ4v) is 7.30. The fourth-order valence-electron chi connectivity index (χ4n) is 6.97. The minimum absolute atomic E-state index is 0.0754. The van der Waals surface area contributed by atoms with Crippen LogP contribution in [0.1, 0.15) is 131 Å². The van der Waals surface area contributed by atoms with E-state index in [0.717, 1.165) is 53.3 Å². The first-order valence-electron chi connectivity index (χ1n) is 18.6. The first-order chi connectivity index (χ1) is 23.4. The molecule has 5 aromatic rings. The molecule has 0 aliphatic carbocycles. The van der Waals surface area contributed by atoms with Crippen molar-refractivity contribution in [1.29, 1.82) is 0 Å². The largest absolute Gasteiger partial charge is 0.426 e. The van der Waals surface area contributed by atoms with Crippen LogP contribution in [0.25, 0.3) is 43.8 Å². The Kier molecular flexibility index (Phi) is 10.7. The molecule has 0 heterocycles. The Morgan fingerprint density at radius 3 is 1.36 bits per heavy atom. The van der Waals surface area contributed by atoms with Gasteiger partial charge in [-0.1, -0.05) is 132 Å². The Balaban J connectivity index is 1.91. The van der Waals surface area contributed by atoms with Crippen molar-refractivity contribution in [2.75, 3.05) is 0 Å². The van der Waals surface area contributed by atoms with Gasteiger partial charge in [0.25, 0.3) is 0 Å². The van der Waals surface area contributed by atoms with E-state index < -0.39 is 8.60 Å². The van der Waals surface area contributed by atoms with Crippen LogP contribution in [0.5, 0.6) is 5.75 Å². The van der Waals surface area contributed by atoms with Gasteiger partial charge in [-0.05, 0) is 138 Å². The summed E-state index contributed by atoms with van der Waals surface area (Å²) in [5.41, 5.74) is 9.21. The van der Waals surface area contributed by atoms with E-state index >= 15 is 0 Å². The highest BCUT2D eigenvalue weighted by atomic mass is 31.2. The molecule has 3 nitrogen and oxygen atoms in total. The van der Waals surface area contributed by atoms with E-state index in [1.807, 2.05) is 12.1 Å². The predicted molar refractivity (Wildman–Crippen MR) is 218 cm³/mol. The Labute approximate surface area is 303 Å². The Bertz CT molecular complexity index is 2010. The van der Waals surface area contributed by atoms with Crippen molar-refractivity contribution in [3.8, 4) is 28.0 Å². The quantitative estimate of drug-likeness (QED) is 0.128. The molecule has 0 bridgehead atoms. The van der Waals surface area contributed by atoms with Gasteiger partial charge in [0.15, 0.2) is 0 Å². The number of benzene rings is 5. The van der Waals surface area contributed by atoms with Crippen molar-refractivity contribution in [2.24, 2.45) is 0 Å². The summed E-state index contributed by atoms with van der Waals surface area (Å²) in [6.07, 6.45) is 4.04. The van der Waals surface area contributed by atoms with E-state index in [-0.39, 0.29) is 21.7 Å². The van der Waals surface area contributed by atoms with Crippen LogP contribution in [-0.4, -0.2) is 9.79 Å². The molecule has 0 spiro atoms. The van der Waals surface area contributed by atoms with E-state index in [1.165, 1.54) is 38.4 Å². The lowest BCUT2D eigenvalue weighted by Gasteiger charge is -2.31. The van der Waals surface area contributed by atoms with Crippen LogP contribution in [0.3, 0.4) is 0 Å². The van der Waals surface area contributed by atoms with Gasteiger partial charge in [0.2, 0.25) is 0 Å². The van der Waals surface area contributed by atoms with Crippen molar-refractivity contribution in [2.45, 2.75) is 130 Å². The molecule has 5 aromatic carbocycles. The molecule has 0 aliphatic rings. The van der Waals surface area contributed by atoms with E-state index in [2.05, 4.69) is 150 Å². The average molecular weight is 691 g/mol. The van der Waals surface area contributed by atoms with Crippen molar-refractivity contribution in [3.05, 3.63) is 101 Å². The van der Waals surface area contributed by atoms with Crippen LogP contribution in [0.2, 0.25) is 0 Å². The summed E-state index contributed by atoms with van der Waals surface area (Å²) >= 11 is 0. The molecule has 0 radical (unpaired) electrons. The van der Waals surface area contributed by atoms with Gasteiger partial charge in [-0.2, -0.15) is 0 Å². The average Bonchev–Trinajstić information content (AvgIpc) is 3.09. The van der Waals surface area contributed by atoms with Gasteiger partial charge in [0, 0.05) is 5.56 Å². The first kappa shape index (κ1) is 38.0. The number of rotatable bonds is 12. The molecule has 0 unspecified atom stereocenters. The van der Waals surface area contributed by atoms with Gasteiger partial charge in [-0.15, -0.1) is 0 Å². The third kappa shape index (κ3) is 7.25. The molecule has 0 atom stereocenters. The van der Waals surface area contributed by atoms with Gasteiger partial charge in [-0.3, -0.25) is 0 Å². The summed E-state index contributed by atoms with van der Waals surface area (Å²) < 4.78 is 5.93. The topological polar surface area (TPSA) is 49.7 Å². The molecular formula is C46H59O3P. The Morgan fingerprint density at radius 2 is 0.920 bits per heavy atom. The summed E-state index contributed by atoms with van der Waals surface area (Å²) in [6.45, 7) is 27.5. The summed E-state index contributed by atoms with van der Waals surface area (Å²) in [6, 6.07) is 29.3. The standard InChI is InChI=1S/C46H59O3P/c1-13-43(5,6)34-22-20-30-26-37(39(28-32(30)24-34)45(9,10)15-3)36-18-17-19-41(49-50(47)48)42(36)38-27-31-21-23-35(44(7,8)14-2)25-33(31)29-40(38)46(11,12)16-4/h17-29,47-48H,13-16H2,1-12H3. The van der Waals surface area contributed by atoms with Gasteiger partial charge in [0.1, 0.15) is 5.75 Å². The summed E-state index contributed by atoms with van der Waals surface area (Å²) in [4.78, 5) is 20.6. The van der Waals surface area contributed by atoms with Crippen molar-refractivity contribution in [3.63, 3.8) is 0 Å². The Morgan fingerprint density at radius 1 is 0.480 bits per heavy atom. The Hall–Kier alpha value is -3.23. The smallest absolute Gasteiger partial charge is 0.391 e. The minimum atomic E-state index is -2.64. The highest BCUT2D eigenvalue weighted by Crippen LogP contribution is 2.50. The molecule has 50 heavy (non-hydrogen) atoms. The predicted octanol–water partition coefficient (Wildman–Crippen LogP) is 13.7. The maximum absolute atomic E-state index is 10.3. The molecule has 5 rings (SSSR count). The molecule has 0 aromatic heterocycles. The van der Waals surface area contributed by atoms with E-state index in [1.54, 1.807) is 0 Å². The summed E-state index contributed by atoms with van der Waals surface area (Å²) in [5, 5.41) is 4.81. The molecule has 2 N–H and O–H groups in total. The molecule has 0 amide bonds. The van der Waals surface area contributed by atoms with Crippen LogP contribution in [0.4, 0.5) is 0 Å². The zero-order valence-corrected chi connectivity index (χ0v) is 33.5. The molecule has 0 fully saturated rings.